The van der Waals surface area contributed by atoms with Crippen LogP contribution in [-0.4, -0.2) is 26.9 Å². The summed E-state index contributed by atoms with van der Waals surface area (Å²) < 4.78 is 46.7. The van der Waals surface area contributed by atoms with E-state index in [2.05, 4.69) is 155 Å². The van der Waals surface area contributed by atoms with Gasteiger partial charge in [0.15, 0.2) is 17.7 Å². The van der Waals surface area contributed by atoms with E-state index in [1.165, 1.54) is 20.6 Å². The van der Waals surface area contributed by atoms with Gasteiger partial charge in [-0.05, 0) is 70.1 Å². The van der Waals surface area contributed by atoms with E-state index in [9.17, 15) is 17.3 Å². The van der Waals surface area contributed by atoms with Crippen molar-refractivity contribution >= 4 is 64.6 Å². The smallest absolute Gasteiger partial charge is 0.491 e. The molecule has 0 saturated heterocycles. The fourth-order valence-corrected chi connectivity index (χ4v) is 15.8. The summed E-state index contributed by atoms with van der Waals surface area (Å²) in [5.74, 6) is 0.995. The van der Waals surface area contributed by atoms with Crippen molar-refractivity contribution in [2.75, 3.05) is 19.6 Å². The molecule has 0 aliphatic rings. The molecule has 0 saturated carbocycles. The molecule has 9 heteroatoms. The van der Waals surface area contributed by atoms with Gasteiger partial charge in [-0.15, -0.1) is 7.20 Å². The summed E-state index contributed by atoms with van der Waals surface area (Å²) in [6.45, 7) is 0. The van der Waals surface area contributed by atoms with Crippen LogP contribution in [0.1, 0.15) is 5.56 Å². The lowest BCUT2D eigenvalue weighted by molar-refractivity contribution is 0.368. The van der Waals surface area contributed by atoms with Crippen LogP contribution in [0.4, 0.5) is 17.3 Å². The van der Waals surface area contributed by atoms with Crippen molar-refractivity contribution in [3.05, 3.63) is 132 Å². The molecule has 0 N–H and O–H groups in total. The van der Waals surface area contributed by atoms with Gasteiger partial charge in [-0.25, -0.2) is 0 Å². The molecule has 4 aromatic carbocycles. The minimum Gasteiger partial charge on any atom is -0.491 e. The highest BCUT2D eigenvalue weighted by atomic mass is 127. The van der Waals surface area contributed by atoms with Crippen LogP contribution in [-0.2, 0) is 4.74 Å². The summed E-state index contributed by atoms with van der Waals surface area (Å²) >= 11 is 2.68. The van der Waals surface area contributed by atoms with Gasteiger partial charge in [-0.1, -0.05) is 84.9 Å². The highest BCUT2D eigenvalue weighted by Crippen LogP contribution is 2.78. The summed E-state index contributed by atoms with van der Waals surface area (Å²) in [5.41, 5.74) is 1.12. The first-order chi connectivity index (χ1) is 18.0. The lowest BCUT2D eigenvalue weighted by Gasteiger charge is -2.38. The molecule has 4 rings (SSSR count). The number of ether oxygens (including phenoxy) is 1. The van der Waals surface area contributed by atoms with Gasteiger partial charge in [0.05, 0.1) is 7.11 Å². The van der Waals surface area contributed by atoms with E-state index in [0.29, 0.717) is 0 Å². The second-order valence-corrected chi connectivity index (χ2v) is 21.6. The highest BCUT2D eigenvalue weighted by Gasteiger charge is 2.55. The second kappa shape index (κ2) is 13.2. The summed E-state index contributed by atoms with van der Waals surface area (Å²) in [7, 11) is -7.67. The van der Waals surface area contributed by atoms with Crippen LogP contribution in [0.5, 0.6) is 0 Å². The molecule has 0 aliphatic heterocycles. The predicted octanol–water partition coefficient (Wildman–Crippen LogP) is 8.67. The van der Waals surface area contributed by atoms with Crippen molar-refractivity contribution in [2.24, 2.45) is 0 Å². The standard InChI is InChI=1S/C29H29IOPS.BF4/c1-31-28(24-16-8-4-9-17-24)29(33(2,3)30)32(25-18-10-5-11-19-25,26-20-12-6-13-21-26)27-22-14-7-15-23-27;2-1(3,4)5/h4-23H,1-3H3;/q+1;-1/b29-28-;. The SMILES string of the molecule is CO/C(=C(/[P+](c1ccccc1)(c1ccccc1)c1ccccc1)S(C)(C)I)c1ccccc1.F[B-](F)(F)F. The lowest BCUT2D eigenvalue weighted by atomic mass is 10.2. The molecule has 1 nitrogen and oxygen atoms in total. The maximum atomic E-state index is 9.75. The van der Waals surface area contributed by atoms with Crippen LogP contribution in [0.3, 0.4) is 0 Å². The van der Waals surface area contributed by atoms with Crippen LogP contribution >= 0.6 is 35.7 Å². The molecular formula is C29H29BF4IOPS. The summed E-state index contributed by atoms with van der Waals surface area (Å²) in [4.78, 5) is 0. The zero-order chi connectivity index (χ0) is 27.8. The average molecular weight is 670 g/mol. The van der Waals surface area contributed by atoms with Gasteiger partial charge in [0, 0.05) is 5.56 Å². The van der Waals surface area contributed by atoms with Gasteiger partial charge in [0.25, 0.3) is 0 Å². The topological polar surface area (TPSA) is 9.23 Å². The normalized spacial score (nSPS) is 13.1. The molecule has 0 amide bonds. The van der Waals surface area contributed by atoms with Gasteiger partial charge in [0.2, 0.25) is 0 Å². The number of rotatable bonds is 7. The number of hydrogen-bond acceptors (Lipinski definition) is 1. The minimum atomic E-state index is -6.00. The van der Waals surface area contributed by atoms with E-state index >= 15 is 0 Å². The Hall–Kier alpha value is -2.29. The summed E-state index contributed by atoms with van der Waals surface area (Å²) in [6, 6.07) is 43.7. The summed E-state index contributed by atoms with van der Waals surface area (Å²) in [6.07, 6.45) is 4.77. The molecular weight excluding hydrogens is 641 g/mol. The Balaban J connectivity index is 0.000000732. The van der Waals surface area contributed by atoms with E-state index < -0.39 is 21.7 Å². The van der Waals surface area contributed by atoms with E-state index in [1.54, 1.807) is 0 Å². The van der Waals surface area contributed by atoms with Gasteiger partial charge in [0.1, 0.15) is 15.9 Å². The maximum Gasteiger partial charge on any atom is 0.673 e. The number of hydrogen-bond donors (Lipinski definition) is 0. The molecule has 0 bridgehead atoms. The number of halogens is 5. The Morgan fingerprint density at radius 2 is 0.921 bits per heavy atom. The molecule has 0 unspecified atom stereocenters. The van der Waals surface area contributed by atoms with Crippen LogP contribution in [0.2, 0.25) is 0 Å². The van der Waals surface area contributed by atoms with Crippen LogP contribution < -0.4 is 15.9 Å². The van der Waals surface area contributed by atoms with Crippen molar-refractivity contribution in [3.8, 4) is 0 Å². The van der Waals surface area contributed by atoms with Crippen molar-refractivity contribution in [2.45, 2.75) is 0 Å². The van der Waals surface area contributed by atoms with E-state index in [1.807, 2.05) is 7.11 Å². The zero-order valence-corrected chi connectivity index (χ0v) is 25.1. The molecule has 0 spiro atoms. The van der Waals surface area contributed by atoms with E-state index in [4.69, 9.17) is 4.74 Å². The second-order valence-electron chi connectivity index (χ2n) is 8.58. The van der Waals surface area contributed by atoms with Crippen LogP contribution in [0.15, 0.2) is 126 Å². The minimum absolute atomic E-state index is 0.995. The molecule has 0 fully saturated rings. The van der Waals surface area contributed by atoms with E-state index in [-0.39, 0.29) is 0 Å². The van der Waals surface area contributed by atoms with E-state index in [0.717, 1.165) is 11.3 Å². The van der Waals surface area contributed by atoms with Crippen LogP contribution in [0.25, 0.3) is 5.76 Å². The molecule has 200 valence electrons. The van der Waals surface area contributed by atoms with Crippen molar-refractivity contribution in [1.82, 2.24) is 0 Å². The van der Waals surface area contributed by atoms with Gasteiger partial charge < -0.3 is 22.0 Å². The third-order valence-electron chi connectivity index (χ3n) is 5.63. The van der Waals surface area contributed by atoms with Crippen molar-refractivity contribution < 1.29 is 22.0 Å². The molecule has 0 aliphatic carbocycles. The number of methoxy groups -OCH3 is 1. The zero-order valence-electron chi connectivity index (χ0n) is 21.3. The Kier molecular flexibility index (Phi) is 10.5. The Labute approximate surface area is 236 Å². The molecule has 0 heterocycles. The van der Waals surface area contributed by atoms with Gasteiger partial charge in [-0.3, -0.25) is 0 Å². The molecule has 0 atom stereocenters. The first kappa shape index (κ1) is 30.3. The Morgan fingerprint density at radius 1 is 0.632 bits per heavy atom. The van der Waals surface area contributed by atoms with Crippen molar-refractivity contribution in [1.29, 1.82) is 0 Å². The first-order valence-electron chi connectivity index (χ1n) is 11.7. The lowest BCUT2D eigenvalue weighted by Crippen LogP contribution is -2.33. The molecule has 4 aromatic rings. The highest BCUT2D eigenvalue weighted by molar-refractivity contribution is 14.2. The Morgan fingerprint density at radius 3 is 1.18 bits per heavy atom. The molecule has 38 heavy (non-hydrogen) atoms. The largest absolute Gasteiger partial charge is 0.673 e. The van der Waals surface area contributed by atoms with Gasteiger partial charge in [-0.2, -0.15) is 0 Å². The Bertz CT molecular complexity index is 1210. The van der Waals surface area contributed by atoms with Crippen molar-refractivity contribution in [3.63, 3.8) is 0 Å². The third kappa shape index (κ3) is 7.42. The maximum absolute atomic E-state index is 9.75. The fraction of sp³-hybridized carbons (Fsp3) is 0.103. The monoisotopic (exact) mass is 670 g/mol. The third-order valence-corrected chi connectivity index (χ3v) is 15.3. The first-order valence-corrected chi connectivity index (χ1v) is 18.5. The fourth-order valence-electron chi connectivity index (χ4n) is 4.37. The van der Waals surface area contributed by atoms with Gasteiger partial charge >= 0.3 is 7.25 Å². The summed E-state index contributed by atoms with van der Waals surface area (Å²) in [5, 5.41) is 4.04. The van der Waals surface area contributed by atoms with Crippen LogP contribution in [0, 0.1) is 0 Å². The predicted molar refractivity (Wildman–Crippen MR) is 169 cm³/mol. The quantitative estimate of drug-likeness (QED) is 0.0629. The average Bonchev–Trinajstić information content (AvgIpc) is 2.90. The molecule has 0 aromatic heterocycles. The molecule has 0 radical (unpaired) electrons. The number of benzene rings is 4.